The van der Waals surface area contributed by atoms with Crippen molar-refractivity contribution in [1.82, 2.24) is 0 Å². The third-order valence-corrected chi connectivity index (χ3v) is 5.81. The van der Waals surface area contributed by atoms with Gasteiger partial charge in [0, 0.05) is 17.1 Å². The highest BCUT2D eigenvalue weighted by atomic mass is 16.3. The van der Waals surface area contributed by atoms with Gasteiger partial charge < -0.3 is 10.4 Å². The maximum absolute atomic E-state index is 10.7. The Morgan fingerprint density at radius 1 is 0.639 bits per heavy atom. The molecule has 5 rings (SSSR count). The summed E-state index contributed by atoms with van der Waals surface area (Å²) in [6.07, 6.45) is 0. The number of azo groups is 2. The van der Waals surface area contributed by atoms with E-state index in [1.54, 1.807) is 12.1 Å². The molecule has 0 amide bonds. The van der Waals surface area contributed by atoms with Gasteiger partial charge in [0.15, 0.2) is 0 Å². The molecule has 0 saturated heterocycles. The van der Waals surface area contributed by atoms with Gasteiger partial charge in [-0.1, -0.05) is 66.2 Å². The van der Waals surface area contributed by atoms with Crippen LogP contribution in [0.15, 0.2) is 124 Å². The number of benzene rings is 5. The van der Waals surface area contributed by atoms with Gasteiger partial charge in [0.25, 0.3) is 0 Å². The molecule has 6 nitrogen and oxygen atoms in total. The van der Waals surface area contributed by atoms with Crippen molar-refractivity contribution in [3.8, 4) is 5.75 Å². The van der Waals surface area contributed by atoms with E-state index in [-0.39, 0.29) is 5.75 Å². The molecule has 0 spiro atoms. The Kier molecular flexibility index (Phi) is 6.49. The Bertz CT molecular complexity index is 1580. The average Bonchev–Trinajstić information content (AvgIpc) is 2.90. The van der Waals surface area contributed by atoms with E-state index in [0.717, 1.165) is 33.4 Å². The van der Waals surface area contributed by atoms with Crippen LogP contribution in [0.2, 0.25) is 0 Å². The molecular formula is C30H25N5O. The minimum absolute atomic E-state index is 0.0142. The number of hydrogen-bond donors (Lipinski definition) is 2. The predicted molar refractivity (Wildman–Crippen MR) is 146 cm³/mol. The molecule has 0 aliphatic heterocycles. The van der Waals surface area contributed by atoms with Gasteiger partial charge in [0.1, 0.15) is 17.1 Å². The van der Waals surface area contributed by atoms with E-state index in [9.17, 15) is 5.11 Å². The summed E-state index contributed by atoms with van der Waals surface area (Å²) in [6.45, 7) is 3.96. The standard InChI is InChI=1S/C30H25N5O/c1-20-12-15-23(16-13-20)31-26-17-14-22-8-6-7-11-25(22)30(26)35-34-28-18-21(2)27(19-29(28)36)33-32-24-9-4-3-5-10-24/h3-19,31,36H,1-2H3. The molecule has 0 unspecified atom stereocenters. The summed E-state index contributed by atoms with van der Waals surface area (Å²) in [7, 11) is 0. The van der Waals surface area contributed by atoms with Gasteiger partial charge in [-0.2, -0.15) is 10.2 Å². The van der Waals surface area contributed by atoms with E-state index in [0.29, 0.717) is 17.1 Å². The Morgan fingerprint density at radius 2 is 1.36 bits per heavy atom. The summed E-state index contributed by atoms with van der Waals surface area (Å²) >= 11 is 0. The first-order valence-electron chi connectivity index (χ1n) is 11.6. The van der Waals surface area contributed by atoms with E-state index >= 15 is 0 Å². The smallest absolute Gasteiger partial charge is 0.145 e. The molecule has 0 radical (unpaired) electrons. The molecule has 0 saturated carbocycles. The first kappa shape index (κ1) is 22.9. The molecule has 5 aromatic rings. The van der Waals surface area contributed by atoms with Gasteiger partial charge in [-0.25, -0.2) is 0 Å². The number of hydrogen-bond acceptors (Lipinski definition) is 6. The maximum Gasteiger partial charge on any atom is 0.145 e. The van der Waals surface area contributed by atoms with Crippen molar-refractivity contribution < 1.29 is 5.11 Å². The van der Waals surface area contributed by atoms with Crippen LogP contribution in [-0.4, -0.2) is 5.11 Å². The number of rotatable bonds is 6. The lowest BCUT2D eigenvalue weighted by molar-refractivity contribution is 0.476. The van der Waals surface area contributed by atoms with E-state index in [1.807, 2.05) is 79.7 Å². The quantitative estimate of drug-likeness (QED) is 0.242. The van der Waals surface area contributed by atoms with Crippen molar-refractivity contribution in [3.05, 3.63) is 114 Å². The van der Waals surface area contributed by atoms with E-state index in [1.165, 1.54) is 5.56 Å². The lowest BCUT2D eigenvalue weighted by Gasteiger charge is -2.12. The highest BCUT2D eigenvalue weighted by Crippen LogP contribution is 2.39. The monoisotopic (exact) mass is 471 g/mol. The molecule has 0 fully saturated rings. The number of aryl methyl sites for hydroxylation is 2. The largest absolute Gasteiger partial charge is 0.506 e. The van der Waals surface area contributed by atoms with Gasteiger partial charge in [0.2, 0.25) is 0 Å². The van der Waals surface area contributed by atoms with E-state index in [2.05, 4.69) is 50.9 Å². The predicted octanol–water partition coefficient (Wildman–Crippen LogP) is 9.74. The summed E-state index contributed by atoms with van der Waals surface area (Å²) in [4.78, 5) is 0. The Hall–Kier alpha value is -4.84. The second-order valence-corrected chi connectivity index (χ2v) is 8.54. The number of nitrogens with zero attached hydrogens (tertiary/aromatic N) is 4. The summed E-state index contributed by atoms with van der Waals surface area (Å²) in [5.41, 5.74) is 6.17. The lowest BCUT2D eigenvalue weighted by atomic mass is 10.1. The summed E-state index contributed by atoms with van der Waals surface area (Å²) < 4.78 is 0. The molecule has 0 bridgehead atoms. The SMILES string of the molecule is Cc1ccc(Nc2ccc3ccccc3c2N=Nc2cc(C)c(N=Nc3ccccc3)cc2O)cc1. The molecule has 0 heterocycles. The number of fused-ring (bicyclic) bond motifs is 1. The van der Waals surface area contributed by atoms with Crippen LogP contribution < -0.4 is 5.32 Å². The minimum Gasteiger partial charge on any atom is -0.506 e. The third kappa shape index (κ3) is 5.13. The fourth-order valence-corrected chi connectivity index (χ4v) is 3.82. The summed E-state index contributed by atoms with van der Waals surface area (Å²) in [5.74, 6) is -0.0142. The van der Waals surface area contributed by atoms with Crippen molar-refractivity contribution in [3.63, 3.8) is 0 Å². The first-order chi connectivity index (χ1) is 17.6. The zero-order chi connectivity index (χ0) is 24.9. The van der Waals surface area contributed by atoms with Crippen molar-refractivity contribution in [2.75, 3.05) is 5.32 Å². The number of anilines is 2. The Morgan fingerprint density at radius 3 is 2.17 bits per heavy atom. The van der Waals surface area contributed by atoms with Crippen LogP contribution >= 0.6 is 0 Å². The average molecular weight is 472 g/mol. The number of phenolic OH excluding ortho intramolecular Hbond substituents is 1. The third-order valence-electron chi connectivity index (χ3n) is 5.81. The van der Waals surface area contributed by atoms with Crippen molar-refractivity contribution in [2.24, 2.45) is 20.5 Å². The summed E-state index contributed by atoms with van der Waals surface area (Å²) in [6, 6.07) is 33.0. The molecule has 0 atom stereocenters. The number of aromatic hydroxyl groups is 1. The highest BCUT2D eigenvalue weighted by molar-refractivity contribution is 5.99. The van der Waals surface area contributed by atoms with E-state index < -0.39 is 0 Å². The normalized spacial score (nSPS) is 11.5. The van der Waals surface area contributed by atoms with Gasteiger partial charge in [0.05, 0.1) is 17.1 Å². The highest BCUT2D eigenvalue weighted by Gasteiger charge is 2.10. The molecular weight excluding hydrogens is 446 g/mol. The molecule has 2 N–H and O–H groups in total. The maximum atomic E-state index is 10.7. The van der Waals surface area contributed by atoms with Crippen LogP contribution in [0.4, 0.5) is 34.1 Å². The van der Waals surface area contributed by atoms with Gasteiger partial charge in [-0.05, 0) is 61.2 Å². The second kappa shape index (κ2) is 10.2. The minimum atomic E-state index is -0.0142. The zero-order valence-electron chi connectivity index (χ0n) is 20.1. The van der Waals surface area contributed by atoms with Crippen molar-refractivity contribution in [2.45, 2.75) is 13.8 Å². The fourth-order valence-electron chi connectivity index (χ4n) is 3.82. The zero-order valence-corrected chi connectivity index (χ0v) is 20.1. The Balaban J connectivity index is 1.49. The van der Waals surface area contributed by atoms with Crippen LogP contribution in [0, 0.1) is 13.8 Å². The molecule has 0 aliphatic rings. The lowest BCUT2D eigenvalue weighted by Crippen LogP contribution is -1.91. The van der Waals surface area contributed by atoms with Crippen LogP contribution in [0.3, 0.4) is 0 Å². The molecule has 6 heteroatoms. The summed E-state index contributed by atoms with van der Waals surface area (Å²) in [5, 5.41) is 33.7. The van der Waals surface area contributed by atoms with E-state index in [4.69, 9.17) is 0 Å². The first-order valence-corrected chi connectivity index (χ1v) is 11.6. The van der Waals surface area contributed by atoms with Crippen molar-refractivity contribution >= 4 is 44.9 Å². The number of nitrogens with one attached hydrogen (secondary N) is 1. The van der Waals surface area contributed by atoms with Gasteiger partial charge in [-0.3, -0.25) is 0 Å². The van der Waals surface area contributed by atoms with Gasteiger partial charge >= 0.3 is 0 Å². The van der Waals surface area contributed by atoms with Gasteiger partial charge in [-0.15, -0.1) is 10.2 Å². The van der Waals surface area contributed by atoms with Crippen LogP contribution in [0.25, 0.3) is 10.8 Å². The molecule has 176 valence electrons. The molecule has 5 aromatic carbocycles. The van der Waals surface area contributed by atoms with Crippen LogP contribution in [-0.2, 0) is 0 Å². The second-order valence-electron chi connectivity index (χ2n) is 8.54. The number of phenols is 1. The van der Waals surface area contributed by atoms with Crippen LogP contribution in [0.5, 0.6) is 5.75 Å². The van der Waals surface area contributed by atoms with Crippen molar-refractivity contribution in [1.29, 1.82) is 0 Å². The molecule has 0 aliphatic carbocycles. The topological polar surface area (TPSA) is 81.7 Å². The fraction of sp³-hybridized carbons (Fsp3) is 0.0667. The molecule has 36 heavy (non-hydrogen) atoms. The van der Waals surface area contributed by atoms with Crippen LogP contribution in [0.1, 0.15) is 11.1 Å². The molecule has 0 aromatic heterocycles. The Labute approximate surface area is 209 Å².